The Morgan fingerprint density at radius 1 is 1.27 bits per heavy atom. The molecule has 0 fully saturated rings. The molecule has 0 bridgehead atoms. The minimum atomic E-state index is -0.361. The Morgan fingerprint density at radius 3 is 2.59 bits per heavy atom. The van der Waals surface area contributed by atoms with Crippen LogP contribution in [-0.4, -0.2) is 24.1 Å². The van der Waals surface area contributed by atoms with Gasteiger partial charge in [0.2, 0.25) is 5.91 Å². The van der Waals surface area contributed by atoms with Crippen LogP contribution in [0.4, 0.5) is 5.00 Å². The predicted octanol–water partition coefficient (Wildman–Crippen LogP) is 2.88. The third-order valence-electron chi connectivity index (χ3n) is 3.55. The van der Waals surface area contributed by atoms with Gasteiger partial charge in [-0.3, -0.25) is 4.79 Å². The standard InChI is InChI=1S/C15H20N2O3S2/c1-8(2)12(18)16-15(21)17-13-11(14(19)20-3)9-6-4-5-7-10(9)22-13/h8H,4-7H2,1-3H3,(H2,16,17,18,21). The molecule has 2 rings (SSSR count). The highest BCUT2D eigenvalue weighted by molar-refractivity contribution is 7.80. The fourth-order valence-corrected chi connectivity index (χ4v) is 3.91. The average Bonchev–Trinajstić information content (AvgIpc) is 2.83. The molecule has 1 aromatic heterocycles. The summed E-state index contributed by atoms with van der Waals surface area (Å²) in [6, 6.07) is 0. The molecule has 22 heavy (non-hydrogen) atoms. The van der Waals surface area contributed by atoms with Crippen LogP contribution in [0.5, 0.6) is 0 Å². The van der Waals surface area contributed by atoms with Gasteiger partial charge in [-0.15, -0.1) is 11.3 Å². The number of rotatable bonds is 3. The second kappa shape index (κ2) is 7.19. The van der Waals surface area contributed by atoms with Crippen LogP contribution in [0.3, 0.4) is 0 Å². The molecule has 2 N–H and O–H groups in total. The fourth-order valence-electron chi connectivity index (χ4n) is 2.36. The van der Waals surface area contributed by atoms with Gasteiger partial charge in [0.05, 0.1) is 12.7 Å². The summed E-state index contributed by atoms with van der Waals surface area (Å²) >= 11 is 6.68. The van der Waals surface area contributed by atoms with E-state index in [9.17, 15) is 9.59 Å². The van der Waals surface area contributed by atoms with Crippen LogP contribution >= 0.6 is 23.6 Å². The maximum atomic E-state index is 12.1. The number of methoxy groups -OCH3 is 1. The summed E-state index contributed by atoms with van der Waals surface area (Å²) in [4.78, 5) is 25.0. The van der Waals surface area contributed by atoms with Crippen molar-refractivity contribution in [3.63, 3.8) is 0 Å². The van der Waals surface area contributed by atoms with Crippen molar-refractivity contribution in [2.24, 2.45) is 5.92 Å². The number of carbonyl (C=O) groups excluding carboxylic acids is 2. The van der Waals surface area contributed by atoms with E-state index in [0.29, 0.717) is 10.6 Å². The van der Waals surface area contributed by atoms with E-state index in [-0.39, 0.29) is 22.9 Å². The Kier molecular flexibility index (Phi) is 5.52. The lowest BCUT2D eigenvalue weighted by Crippen LogP contribution is -2.36. The summed E-state index contributed by atoms with van der Waals surface area (Å²) in [5.74, 6) is -0.672. The monoisotopic (exact) mass is 340 g/mol. The molecule has 0 aromatic carbocycles. The van der Waals surface area contributed by atoms with E-state index in [0.717, 1.165) is 31.2 Å². The van der Waals surface area contributed by atoms with E-state index >= 15 is 0 Å². The Balaban J connectivity index is 2.23. The third kappa shape index (κ3) is 3.64. The van der Waals surface area contributed by atoms with Crippen molar-refractivity contribution in [2.75, 3.05) is 12.4 Å². The van der Waals surface area contributed by atoms with Crippen LogP contribution in [-0.2, 0) is 22.4 Å². The molecule has 7 heteroatoms. The van der Waals surface area contributed by atoms with Crippen LogP contribution in [0.25, 0.3) is 0 Å². The van der Waals surface area contributed by atoms with Gasteiger partial charge in [-0.2, -0.15) is 0 Å². The summed E-state index contributed by atoms with van der Waals surface area (Å²) in [6.45, 7) is 3.59. The van der Waals surface area contributed by atoms with Crippen molar-refractivity contribution in [3.05, 3.63) is 16.0 Å². The second-order valence-electron chi connectivity index (χ2n) is 5.50. The van der Waals surface area contributed by atoms with E-state index < -0.39 is 0 Å². The van der Waals surface area contributed by atoms with Crippen molar-refractivity contribution >= 4 is 45.5 Å². The molecule has 120 valence electrons. The first-order valence-electron chi connectivity index (χ1n) is 7.28. The van der Waals surface area contributed by atoms with Crippen molar-refractivity contribution in [1.82, 2.24) is 5.32 Å². The maximum absolute atomic E-state index is 12.1. The van der Waals surface area contributed by atoms with Crippen molar-refractivity contribution in [1.29, 1.82) is 0 Å². The summed E-state index contributed by atoms with van der Waals surface area (Å²) in [5.41, 5.74) is 1.62. The zero-order chi connectivity index (χ0) is 16.3. The van der Waals surface area contributed by atoms with Crippen LogP contribution in [0, 0.1) is 5.92 Å². The quantitative estimate of drug-likeness (QED) is 0.654. The molecule has 0 saturated heterocycles. The van der Waals surface area contributed by atoms with Gasteiger partial charge in [-0.25, -0.2) is 4.79 Å². The van der Waals surface area contributed by atoms with Crippen LogP contribution in [0.1, 0.15) is 47.5 Å². The molecule has 1 aliphatic rings. The van der Waals surface area contributed by atoms with Gasteiger partial charge in [0, 0.05) is 10.8 Å². The van der Waals surface area contributed by atoms with Crippen molar-refractivity contribution < 1.29 is 14.3 Å². The summed E-state index contributed by atoms with van der Waals surface area (Å²) < 4.78 is 4.90. The number of hydrogen-bond donors (Lipinski definition) is 2. The Morgan fingerprint density at radius 2 is 1.95 bits per heavy atom. The average molecular weight is 340 g/mol. The molecule has 5 nitrogen and oxygen atoms in total. The van der Waals surface area contributed by atoms with Gasteiger partial charge >= 0.3 is 5.97 Å². The number of nitrogens with one attached hydrogen (secondary N) is 2. The second-order valence-corrected chi connectivity index (χ2v) is 7.02. The molecule has 0 saturated carbocycles. The number of thiocarbonyl (C=S) groups is 1. The van der Waals surface area contributed by atoms with Crippen LogP contribution in [0.15, 0.2) is 0 Å². The normalized spacial score (nSPS) is 13.5. The number of thiophene rings is 1. The van der Waals surface area contributed by atoms with Crippen LogP contribution < -0.4 is 10.6 Å². The Labute approximate surface area is 139 Å². The lowest BCUT2D eigenvalue weighted by atomic mass is 9.95. The number of ether oxygens (including phenoxy) is 1. The van der Waals surface area contributed by atoms with E-state index in [1.54, 1.807) is 13.8 Å². The highest BCUT2D eigenvalue weighted by Crippen LogP contribution is 2.38. The predicted molar refractivity (Wildman–Crippen MR) is 91.5 cm³/mol. The molecular weight excluding hydrogens is 320 g/mol. The molecule has 1 aromatic rings. The van der Waals surface area contributed by atoms with Crippen molar-refractivity contribution in [2.45, 2.75) is 39.5 Å². The van der Waals surface area contributed by atoms with E-state index in [1.807, 2.05) is 0 Å². The third-order valence-corrected chi connectivity index (χ3v) is 4.96. The minimum absolute atomic E-state index is 0.154. The number of esters is 1. The lowest BCUT2D eigenvalue weighted by molar-refractivity contribution is -0.122. The molecule has 0 atom stereocenters. The highest BCUT2D eigenvalue weighted by Gasteiger charge is 2.26. The van der Waals surface area contributed by atoms with Gasteiger partial charge < -0.3 is 15.4 Å². The zero-order valence-corrected chi connectivity index (χ0v) is 14.6. The first-order chi connectivity index (χ1) is 10.4. The molecule has 1 aliphatic carbocycles. The topological polar surface area (TPSA) is 67.4 Å². The molecule has 0 radical (unpaired) electrons. The fraction of sp³-hybridized carbons (Fsp3) is 0.533. The van der Waals surface area contributed by atoms with Crippen molar-refractivity contribution in [3.8, 4) is 0 Å². The summed E-state index contributed by atoms with van der Waals surface area (Å²) in [5, 5.41) is 6.48. The highest BCUT2D eigenvalue weighted by atomic mass is 32.1. The van der Waals surface area contributed by atoms with Crippen LogP contribution in [0.2, 0.25) is 0 Å². The summed E-state index contributed by atoms with van der Waals surface area (Å²) in [6.07, 6.45) is 4.05. The number of fused-ring (bicyclic) bond motifs is 1. The molecule has 1 amide bonds. The van der Waals surface area contributed by atoms with Gasteiger partial charge in [0.1, 0.15) is 5.00 Å². The smallest absolute Gasteiger partial charge is 0.341 e. The number of carbonyl (C=O) groups is 2. The van der Waals surface area contributed by atoms with Gasteiger partial charge in [-0.05, 0) is 43.5 Å². The molecule has 0 aliphatic heterocycles. The number of hydrogen-bond acceptors (Lipinski definition) is 5. The number of anilines is 1. The van der Waals surface area contributed by atoms with E-state index in [1.165, 1.54) is 23.3 Å². The molecular formula is C15H20N2O3S2. The lowest BCUT2D eigenvalue weighted by Gasteiger charge is -2.12. The first-order valence-corrected chi connectivity index (χ1v) is 8.51. The number of aryl methyl sites for hydroxylation is 1. The number of amides is 1. The molecule has 1 heterocycles. The Bertz CT molecular complexity index is 608. The van der Waals surface area contributed by atoms with Gasteiger partial charge in [0.25, 0.3) is 0 Å². The SMILES string of the molecule is COC(=O)c1c(NC(=S)NC(=O)C(C)C)sc2c1CCCC2. The largest absolute Gasteiger partial charge is 0.465 e. The minimum Gasteiger partial charge on any atom is -0.465 e. The molecule has 0 spiro atoms. The maximum Gasteiger partial charge on any atom is 0.341 e. The van der Waals surface area contributed by atoms with E-state index in [4.69, 9.17) is 17.0 Å². The first kappa shape index (κ1) is 16.9. The zero-order valence-electron chi connectivity index (χ0n) is 12.9. The Hall–Kier alpha value is -1.47. The van der Waals surface area contributed by atoms with E-state index in [2.05, 4.69) is 10.6 Å². The molecule has 0 unspecified atom stereocenters. The van der Waals surface area contributed by atoms with Gasteiger partial charge in [-0.1, -0.05) is 13.8 Å². The summed E-state index contributed by atoms with van der Waals surface area (Å²) in [7, 11) is 1.37. The van der Waals surface area contributed by atoms with Gasteiger partial charge in [0.15, 0.2) is 5.11 Å².